The average Bonchev–Trinajstić information content (AvgIpc) is 2.02. The highest BCUT2D eigenvalue weighted by atomic mass is 19.1. The Morgan fingerprint density at radius 2 is 2.15 bits per heavy atom. The number of carbonyl (C=O) groups excluding carboxylic acids is 1. The fourth-order valence-electron chi connectivity index (χ4n) is 1.15. The molecule has 1 aromatic carbocycles. The van der Waals surface area contributed by atoms with Gasteiger partial charge in [-0.05, 0) is 30.2 Å². The summed E-state index contributed by atoms with van der Waals surface area (Å²) in [5.74, 6) is -0.677. The van der Waals surface area contributed by atoms with Crippen LogP contribution in [-0.2, 0) is 16.0 Å². The van der Waals surface area contributed by atoms with Crippen molar-refractivity contribution in [1.29, 1.82) is 0 Å². The maximum atomic E-state index is 12.8. The molecule has 0 aliphatic rings. The van der Waals surface area contributed by atoms with E-state index < -0.39 is 0 Å². The maximum absolute atomic E-state index is 12.8. The standard InChI is InChI=1S/C10H11FO2/c1-7-3-8(5-9(11)4-7)6-10(12)13-2/h3-5H,6H2,1-2H3. The van der Waals surface area contributed by atoms with Crippen LogP contribution < -0.4 is 0 Å². The van der Waals surface area contributed by atoms with Crippen LogP contribution in [0.3, 0.4) is 0 Å². The zero-order valence-electron chi connectivity index (χ0n) is 7.63. The molecule has 1 aromatic rings. The van der Waals surface area contributed by atoms with Crippen molar-refractivity contribution in [1.82, 2.24) is 0 Å². The molecule has 0 atom stereocenters. The summed E-state index contributed by atoms with van der Waals surface area (Å²) in [7, 11) is 1.31. The second kappa shape index (κ2) is 4.03. The van der Waals surface area contributed by atoms with E-state index in [0.717, 1.165) is 5.56 Å². The van der Waals surface area contributed by atoms with Crippen LogP contribution in [0.25, 0.3) is 0 Å². The lowest BCUT2D eigenvalue weighted by atomic mass is 10.1. The van der Waals surface area contributed by atoms with Crippen molar-refractivity contribution in [3.05, 3.63) is 35.1 Å². The highest BCUT2D eigenvalue weighted by Gasteiger charge is 2.04. The molecule has 2 nitrogen and oxygen atoms in total. The lowest BCUT2D eigenvalue weighted by Gasteiger charge is -2.01. The van der Waals surface area contributed by atoms with E-state index in [9.17, 15) is 9.18 Å². The normalized spacial score (nSPS) is 9.77. The van der Waals surface area contributed by atoms with Crippen LogP contribution in [0, 0.1) is 12.7 Å². The van der Waals surface area contributed by atoms with E-state index in [1.54, 1.807) is 13.0 Å². The molecule has 0 fully saturated rings. The third-order valence-corrected chi connectivity index (χ3v) is 1.68. The quantitative estimate of drug-likeness (QED) is 0.652. The van der Waals surface area contributed by atoms with E-state index in [4.69, 9.17) is 0 Å². The van der Waals surface area contributed by atoms with Crippen LogP contribution in [0.1, 0.15) is 11.1 Å². The van der Waals surface area contributed by atoms with E-state index in [1.165, 1.54) is 19.2 Å². The molecule has 0 saturated heterocycles. The first-order chi connectivity index (χ1) is 6.11. The summed E-state index contributed by atoms with van der Waals surface area (Å²) in [6, 6.07) is 4.52. The topological polar surface area (TPSA) is 26.3 Å². The van der Waals surface area contributed by atoms with Gasteiger partial charge in [0, 0.05) is 0 Å². The monoisotopic (exact) mass is 182 g/mol. The Bertz CT molecular complexity index is 300. The second-order valence-corrected chi connectivity index (χ2v) is 2.89. The molecule has 0 aliphatic heterocycles. The predicted molar refractivity (Wildman–Crippen MR) is 46.9 cm³/mol. The maximum Gasteiger partial charge on any atom is 0.309 e. The minimum absolute atomic E-state index is 0.120. The van der Waals surface area contributed by atoms with E-state index in [0.29, 0.717) is 5.56 Å². The van der Waals surface area contributed by atoms with Crippen LogP contribution in [0.15, 0.2) is 18.2 Å². The van der Waals surface area contributed by atoms with E-state index >= 15 is 0 Å². The van der Waals surface area contributed by atoms with Crippen molar-refractivity contribution in [2.45, 2.75) is 13.3 Å². The largest absolute Gasteiger partial charge is 0.469 e. The molecular weight excluding hydrogens is 171 g/mol. The zero-order valence-corrected chi connectivity index (χ0v) is 7.63. The van der Waals surface area contributed by atoms with Gasteiger partial charge >= 0.3 is 5.97 Å². The molecule has 0 saturated carbocycles. The number of hydrogen-bond donors (Lipinski definition) is 0. The summed E-state index contributed by atoms with van der Waals surface area (Å²) < 4.78 is 17.3. The van der Waals surface area contributed by atoms with Crippen LogP contribution in [0.2, 0.25) is 0 Å². The van der Waals surface area contributed by atoms with Gasteiger partial charge in [0.2, 0.25) is 0 Å². The number of rotatable bonds is 2. The second-order valence-electron chi connectivity index (χ2n) is 2.89. The van der Waals surface area contributed by atoms with Crippen molar-refractivity contribution >= 4 is 5.97 Å². The first-order valence-corrected chi connectivity index (χ1v) is 3.94. The van der Waals surface area contributed by atoms with Crippen molar-refractivity contribution in [3.63, 3.8) is 0 Å². The Labute approximate surface area is 76.3 Å². The lowest BCUT2D eigenvalue weighted by Crippen LogP contribution is -2.04. The van der Waals surface area contributed by atoms with Gasteiger partial charge in [0.05, 0.1) is 13.5 Å². The zero-order chi connectivity index (χ0) is 9.84. The molecule has 0 spiro atoms. The van der Waals surface area contributed by atoms with Crippen LogP contribution in [-0.4, -0.2) is 13.1 Å². The summed E-state index contributed by atoms with van der Waals surface area (Å²) in [5.41, 5.74) is 1.45. The summed E-state index contributed by atoms with van der Waals surface area (Å²) in [6.45, 7) is 1.78. The molecule has 0 unspecified atom stereocenters. The average molecular weight is 182 g/mol. The molecule has 13 heavy (non-hydrogen) atoms. The predicted octanol–water partition coefficient (Wildman–Crippen LogP) is 1.85. The third-order valence-electron chi connectivity index (χ3n) is 1.68. The van der Waals surface area contributed by atoms with Crippen molar-refractivity contribution in [2.24, 2.45) is 0 Å². The Morgan fingerprint density at radius 3 is 2.69 bits per heavy atom. The van der Waals surface area contributed by atoms with Crippen LogP contribution in [0.4, 0.5) is 4.39 Å². The fourth-order valence-corrected chi connectivity index (χ4v) is 1.15. The van der Waals surface area contributed by atoms with Gasteiger partial charge in [-0.3, -0.25) is 4.79 Å². The molecule has 70 valence electrons. The Hall–Kier alpha value is -1.38. The number of ether oxygens (including phenoxy) is 1. The van der Waals surface area contributed by atoms with Crippen LogP contribution >= 0.6 is 0 Å². The molecule has 0 amide bonds. The molecule has 1 rings (SSSR count). The Balaban J connectivity index is 2.83. The highest BCUT2D eigenvalue weighted by molar-refractivity contribution is 5.72. The molecule has 0 heterocycles. The Morgan fingerprint density at radius 1 is 1.46 bits per heavy atom. The van der Waals surface area contributed by atoms with Gasteiger partial charge in [-0.1, -0.05) is 6.07 Å². The van der Waals surface area contributed by atoms with Gasteiger partial charge in [0.15, 0.2) is 0 Å². The molecule has 3 heteroatoms. The molecule has 0 N–H and O–H groups in total. The van der Waals surface area contributed by atoms with Gasteiger partial charge in [0.1, 0.15) is 5.82 Å². The van der Waals surface area contributed by atoms with E-state index in [-0.39, 0.29) is 18.2 Å². The SMILES string of the molecule is COC(=O)Cc1cc(C)cc(F)c1. The fraction of sp³-hybridized carbons (Fsp3) is 0.300. The van der Waals surface area contributed by atoms with E-state index in [2.05, 4.69) is 4.74 Å². The van der Waals surface area contributed by atoms with Gasteiger partial charge in [-0.25, -0.2) is 4.39 Å². The summed E-state index contributed by atoms with van der Waals surface area (Å²) >= 11 is 0. The number of methoxy groups -OCH3 is 1. The van der Waals surface area contributed by atoms with Gasteiger partial charge < -0.3 is 4.74 Å². The number of hydrogen-bond acceptors (Lipinski definition) is 2. The summed E-state index contributed by atoms with van der Waals surface area (Å²) in [5, 5.41) is 0. The van der Waals surface area contributed by atoms with Crippen molar-refractivity contribution < 1.29 is 13.9 Å². The summed E-state index contributed by atoms with van der Waals surface area (Å²) in [4.78, 5) is 10.9. The summed E-state index contributed by atoms with van der Waals surface area (Å²) in [6.07, 6.45) is 0.120. The van der Waals surface area contributed by atoms with Gasteiger partial charge in [0.25, 0.3) is 0 Å². The molecule has 0 bridgehead atoms. The highest BCUT2D eigenvalue weighted by Crippen LogP contribution is 2.09. The third kappa shape index (κ3) is 2.86. The molecule has 0 aromatic heterocycles. The van der Waals surface area contributed by atoms with Crippen molar-refractivity contribution in [2.75, 3.05) is 7.11 Å². The minimum atomic E-state index is -0.356. The number of esters is 1. The molecule has 0 radical (unpaired) electrons. The smallest absolute Gasteiger partial charge is 0.309 e. The lowest BCUT2D eigenvalue weighted by molar-refractivity contribution is -0.139. The first kappa shape index (κ1) is 9.71. The minimum Gasteiger partial charge on any atom is -0.469 e. The Kier molecular flexibility index (Phi) is 3.01. The number of carbonyl (C=O) groups is 1. The first-order valence-electron chi connectivity index (χ1n) is 3.94. The van der Waals surface area contributed by atoms with Gasteiger partial charge in [-0.2, -0.15) is 0 Å². The number of aryl methyl sites for hydroxylation is 1. The van der Waals surface area contributed by atoms with E-state index in [1.807, 2.05) is 0 Å². The number of benzene rings is 1. The van der Waals surface area contributed by atoms with Gasteiger partial charge in [-0.15, -0.1) is 0 Å². The molecule has 0 aliphatic carbocycles. The number of halogens is 1. The van der Waals surface area contributed by atoms with Crippen LogP contribution in [0.5, 0.6) is 0 Å². The molecular formula is C10H11FO2. The van der Waals surface area contributed by atoms with Crippen molar-refractivity contribution in [3.8, 4) is 0 Å².